The molecule has 0 atom stereocenters. The normalized spacial score (nSPS) is 10.7. The van der Waals surface area contributed by atoms with Gasteiger partial charge in [-0.3, -0.25) is 0 Å². The molecule has 0 amide bonds. The van der Waals surface area contributed by atoms with Gasteiger partial charge in [0, 0.05) is 22.7 Å². The molecular formula is C36H40N4O8Si. The van der Waals surface area contributed by atoms with Crippen LogP contribution in [0.1, 0.15) is 69.1 Å². The van der Waals surface area contributed by atoms with Gasteiger partial charge in [0.05, 0.1) is 48.7 Å². The lowest BCUT2D eigenvalue weighted by molar-refractivity contribution is 0.0517. The van der Waals surface area contributed by atoms with Crippen LogP contribution in [0.2, 0.25) is 0 Å². The van der Waals surface area contributed by atoms with Gasteiger partial charge in [-0.25, -0.2) is 19.2 Å². The smallest absolute Gasteiger partial charge is 0.462 e. The Labute approximate surface area is 286 Å². The van der Waals surface area contributed by atoms with Crippen molar-refractivity contribution in [2.75, 3.05) is 46.4 Å². The Kier molecular flexibility index (Phi) is 12.8. The Morgan fingerprint density at radius 1 is 0.388 bits per heavy atom. The van der Waals surface area contributed by atoms with E-state index >= 15 is 0 Å². The van der Waals surface area contributed by atoms with Crippen molar-refractivity contribution < 1.29 is 38.1 Å². The van der Waals surface area contributed by atoms with Crippen LogP contribution in [0.25, 0.3) is 0 Å². The summed E-state index contributed by atoms with van der Waals surface area (Å²) in [6.07, 6.45) is 0. The van der Waals surface area contributed by atoms with Crippen LogP contribution in [-0.4, -0.2) is 59.0 Å². The average Bonchev–Trinajstić information content (AvgIpc) is 3.10. The number of ether oxygens (including phenoxy) is 4. The molecule has 0 saturated heterocycles. The van der Waals surface area contributed by atoms with Crippen molar-refractivity contribution >= 4 is 55.3 Å². The highest BCUT2D eigenvalue weighted by Gasteiger charge is 2.38. The molecule has 0 spiro atoms. The van der Waals surface area contributed by atoms with E-state index in [1.54, 1.807) is 125 Å². The minimum atomic E-state index is -3.46. The summed E-state index contributed by atoms with van der Waals surface area (Å²) in [7, 11) is -3.46. The standard InChI is InChI=1S/C36H40N4O8Si/c1-5-45-33(41)25-9-17-29(18-10-25)37-49(38-30-19-11-26(12-20-30)34(42)46-6-2,39-31-21-13-27(14-22-31)35(43)47-7-3)40-32-23-15-28(16-24-32)36(44)48-8-4/h9-24,37-40H,5-8H2,1-4H3. The van der Waals surface area contributed by atoms with Gasteiger partial charge in [0.25, 0.3) is 0 Å². The fraction of sp³-hybridized carbons (Fsp3) is 0.222. The summed E-state index contributed by atoms with van der Waals surface area (Å²) < 4.78 is 20.6. The number of nitrogens with one attached hydrogen (secondary N) is 4. The van der Waals surface area contributed by atoms with Crippen molar-refractivity contribution in [3.8, 4) is 0 Å². The minimum absolute atomic E-state index is 0.255. The SMILES string of the molecule is CCOC(=O)c1ccc(N[Si](Nc2ccc(C(=O)OCC)cc2)(Nc2ccc(C(=O)OCC)cc2)Nc2ccc(C(=O)OCC)cc2)cc1. The van der Waals surface area contributed by atoms with Crippen LogP contribution in [0, 0.1) is 0 Å². The maximum atomic E-state index is 12.3. The van der Waals surface area contributed by atoms with Crippen LogP contribution in [0.5, 0.6) is 0 Å². The molecule has 49 heavy (non-hydrogen) atoms. The molecule has 4 rings (SSSR count). The zero-order valence-corrected chi connectivity index (χ0v) is 28.8. The first-order valence-corrected chi connectivity index (χ1v) is 17.9. The van der Waals surface area contributed by atoms with E-state index in [1.165, 1.54) is 0 Å². The third kappa shape index (κ3) is 10.1. The molecule has 0 radical (unpaired) electrons. The Balaban J connectivity index is 1.77. The Hall–Kier alpha value is -5.82. The van der Waals surface area contributed by atoms with E-state index in [-0.39, 0.29) is 26.4 Å². The van der Waals surface area contributed by atoms with Crippen molar-refractivity contribution in [3.05, 3.63) is 119 Å². The van der Waals surface area contributed by atoms with Gasteiger partial charge in [-0.15, -0.1) is 0 Å². The molecule has 0 fully saturated rings. The largest absolute Gasteiger partial charge is 0.492 e. The molecule has 4 aromatic rings. The number of esters is 4. The summed E-state index contributed by atoms with van der Waals surface area (Å²) in [5, 5.41) is 0. The molecule has 0 aliphatic rings. The van der Waals surface area contributed by atoms with Crippen LogP contribution in [-0.2, 0) is 18.9 Å². The van der Waals surface area contributed by atoms with Crippen molar-refractivity contribution in [1.29, 1.82) is 0 Å². The van der Waals surface area contributed by atoms with E-state index < -0.39 is 32.6 Å². The van der Waals surface area contributed by atoms with E-state index in [9.17, 15) is 19.2 Å². The molecule has 0 heterocycles. The first-order valence-electron chi connectivity index (χ1n) is 15.9. The molecule has 13 heteroatoms. The topological polar surface area (TPSA) is 153 Å². The fourth-order valence-electron chi connectivity index (χ4n) is 4.67. The van der Waals surface area contributed by atoms with Gasteiger partial charge in [-0.1, -0.05) is 0 Å². The van der Waals surface area contributed by atoms with E-state index in [4.69, 9.17) is 18.9 Å². The lowest BCUT2D eigenvalue weighted by Gasteiger charge is -2.36. The predicted molar refractivity (Wildman–Crippen MR) is 190 cm³/mol. The van der Waals surface area contributed by atoms with Crippen molar-refractivity contribution in [2.24, 2.45) is 0 Å². The first kappa shape index (κ1) is 36.0. The summed E-state index contributed by atoms with van der Waals surface area (Å²) in [6.45, 7) is 8.00. The maximum absolute atomic E-state index is 12.3. The molecule has 0 aromatic heterocycles. The third-order valence-electron chi connectivity index (χ3n) is 6.91. The summed E-state index contributed by atoms with van der Waals surface area (Å²) in [6, 6.07) is 27.4. The molecular weight excluding hydrogens is 645 g/mol. The minimum Gasteiger partial charge on any atom is -0.462 e. The molecule has 0 aliphatic heterocycles. The second-order valence-electron chi connectivity index (χ2n) is 10.4. The monoisotopic (exact) mass is 684 g/mol. The summed E-state index contributed by atoms with van der Waals surface area (Å²) in [5.41, 5.74) is 4.20. The highest BCUT2D eigenvalue weighted by atomic mass is 28.4. The van der Waals surface area contributed by atoms with E-state index in [2.05, 4.69) is 19.9 Å². The summed E-state index contributed by atoms with van der Waals surface area (Å²) in [4.78, 5) is 63.7. The molecule has 0 bridgehead atoms. The number of hydrogen-bond donors (Lipinski definition) is 4. The molecule has 256 valence electrons. The molecule has 0 aliphatic carbocycles. The Bertz CT molecular complexity index is 1450. The van der Waals surface area contributed by atoms with Crippen LogP contribution in [0.4, 0.5) is 22.7 Å². The summed E-state index contributed by atoms with van der Waals surface area (Å²) in [5.74, 6) is -1.73. The first-order chi connectivity index (χ1) is 23.7. The van der Waals surface area contributed by atoms with Gasteiger partial charge in [0.15, 0.2) is 0 Å². The second kappa shape index (κ2) is 17.4. The molecule has 4 N–H and O–H groups in total. The maximum Gasteiger partial charge on any atom is 0.492 e. The highest BCUT2D eigenvalue weighted by Crippen LogP contribution is 2.24. The van der Waals surface area contributed by atoms with Crippen LogP contribution in [0.3, 0.4) is 0 Å². The predicted octanol–water partition coefficient (Wildman–Crippen LogP) is 6.58. The fourth-order valence-corrected chi connectivity index (χ4v) is 7.44. The van der Waals surface area contributed by atoms with Crippen LogP contribution >= 0.6 is 0 Å². The van der Waals surface area contributed by atoms with Gasteiger partial charge in [-0.2, -0.15) is 0 Å². The average molecular weight is 685 g/mol. The van der Waals surface area contributed by atoms with Crippen LogP contribution < -0.4 is 19.9 Å². The quantitative estimate of drug-likeness (QED) is 0.0573. The van der Waals surface area contributed by atoms with E-state index in [1.807, 2.05) is 0 Å². The van der Waals surface area contributed by atoms with Gasteiger partial charge >= 0.3 is 32.6 Å². The highest BCUT2D eigenvalue weighted by molar-refractivity contribution is 6.90. The van der Waals surface area contributed by atoms with E-state index in [0.29, 0.717) is 45.0 Å². The molecule has 12 nitrogen and oxygen atoms in total. The van der Waals surface area contributed by atoms with Crippen LogP contribution in [0.15, 0.2) is 97.1 Å². The van der Waals surface area contributed by atoms with Gasteiger partial charge in [0.1, 0.15) is 0 Å². The lowest BCUT2D eigenvalue weighted by atomic mass is 10.2. The second-order valence-corrected chi connectivity index (χ2v) is 12.9. The number of anilines is 4. The number of carbonyl (C=O) groups is 4. The Morgan fingerprint density at radius 3 is 0.735 bits per heavy atom. The zero-order valence-electron chi connectivity index (χ0n) is 27.8. The molecule has 4 aromatic carbocycles. The number of benzene rings is 4. The summed E-state index contributed by atoms with van der Waals surface area (Å²) >= 11 is 0. The lowest BCUT2D eigenvalue weighted by Crippen LogP contribution is -2.66. The Morgan fingerprint density at radius 2 is 0.571 bits per heavy atom. The number of rotatable bonds is 16. The third-order valence-corrected chi connectivity index (χ3v) is 9.57. The van der Waals surface area contributed by atoms with Crippen molar-refractivity contribution in [3.63, 3.8) is 0 Å². The van der Waals surface area contributed by atoms with Crippen molar-refractivity contribution in [1.82, 2.24) is 0 Å². The number of carbonyl (C=O) groups excluding carboxylic acids is 4. The van der Waals surface area contributed by atoms with Gasteiger partial charge in [0.2, 0.25) is 0 Å². The molecule has 0 saturated carbocycles. The van der Waals surface area contributed by atoms with E-state index in [0.717, 1.165) is 0 Å². The van der Waals surface area contributed by atoms with Gasteiger partial charge < -0.3 is 38.9 Å². The van der Waals surface area contributed by atoms with Crippen molar-refractivity contribution in [2.45, 2.75) is 27.7 Å². The van der Waals surface area contributed by atoms with Gasteiger partial charge in [-0.05, 0) is 125 Å². The zero-order chi connectivity index (χ0) is 35.2. The number of hydrogen-bond acceptors (Lipinski definition) is 12. The molecule has 0 unspecified atom stereocenters.